The van der Waals surface area contributed by atoms with Gasteiger partial charge in [-0.25, -0.2) is 9.78 Å². The number of hydrogen-bond acceptors (Lipinski definition) is 4. The Kier molecular flexibility index (Phi) is 5.98. The Bertz CT molecular complexity index is 532. The molecule has 0 saturated heterocycles. The molecule has 1 aromatic heterocycles. The van der Waals surface area contributed by atoms with Crippen molar-refractivity contribution in [2.75, 3.05) is 0 Å². The molecule has 1 N–H and O–H groups in total. The number of hydrogen-bond donors (Lipinski definition) is 1. The van der Waals surface area contributed by atoms with E-state index in [9.17, 15) is 4.79 Å². The highest BCUT2D eigenvalue weighted by molar-refractivity contribution is 6.32. The van der Waals surface area contributed by atoms with E-state index in [-0.39, 0.29) is 18.2 Å². The molecule has 0 aliphatic heterocycles. The number of carbonyl (C=O) groups excluding carboxylic acids is 1. The number of nitrogens with zero attached hydrogens (tertiary/aromatic N) is 1. The van der Waals surface area contributed by atoms with Gasteiger partial charge in [-0.05, 0) is 46.5 Å². The van der Waals surface area contributed by atoms with E-state index in [2.05, 4.69) is 10.3 Å². The van der Waals surface area contributed by atoms with Crippen LogP contribution in [0.25, 0.3) is 0 Å². The van der Waals surface area contributed by atoms with Crippen LogP contribution in [-0.2, 0) is 4.74 Å². The Morgan fingerprint density at radius 2 is 1.74 bits per heavy atom. The monoisotopic (exact) mass is 360 g/mol. The lowest BCUT2D eigenvalue weighted by molar-refractivity contribution is 0.0471. The molecule has 7 heteroatoms. The minimum Gasteiger partial charge on any atom is -0.490 e. The van der Waals surface area contributed by atoms with Gasteiger partial charge in [0.2, 0.25) is 0 Å². The lowest BCUT2D eigenvalue weighted by Gasteiger charge is -2.30. The molecule has 1 saturated carbocycles. The van der Waals surface area contributed by atoms with Crippen molar-refractivity contribution in [1.29, 1.82) is 0 Å². The fourth-order valence-corrected chi connectivity index (χ4v) is 2.94. The number of pyridine rings is 1. The summed E-state index contributed by atoms with van der Waals surface area (Å²) in [5, 5.41) is 3.53. The molecule has 0 spiro atoms. The molecular formula is C16H22Cl2N2O3. The number of ether oxygens (including phenoxy) is 2. The number of halogens is 2. The Morgan fingerprint density at radius 1 is 1.17 bits per heavy atom. The Morgan fingerprint density at radius 3 is 2.26 bits per heavy atom. The van der Waals surface area contributed by atoms with Crippen molar-refractivity contribution >= 4 is 29.3 Å². The van der Waals surface area contributed by atoms with Crippen LogP contribution < -0.4 is 10.1 Å². The molecule has 1 aromatic rings. The van der Waals surface area contributed by atoms with Gasteiger partial charge in [0.1, 0.15) is 21.7 Å². The largest absolute Gasteiger partial charge is 0.490 e. The van der Waals surface area contributed by atoms with E-state index >= 15 is 0 Å². The first-order chi connectivity index (χ1) is 10.7. The average molecular weight is 361 g/mol. The molecule has 2 rings (SSSR count). The number of aromatic nitrogens is 1. The van der Waals surface area contributed by atoms with Crippen molar-refractivity contribution in [2.24, 2.45) is 0 Å². The second kappa shape index (κ2) is 7.58. The molecule has 5 nitrogen and oxygen atoms in total. The van der Waals surface area contributed by atoms with Crippen LogP contribution in [0.4, 0.5) is 4.79 Å². The molecule has 1 amide bonds. The van der Waals surface area contributed by atoms with E-state index in [1.165, 1.54) is 0 Å². The summed E-state index contributed by atoms with van der Waals surface area (Å²) >= 11 is 11.7. The molecule has 0 atom stereocenters. The fourth-order valence-electron chi connectivity index (χ4n) is 2.50. The van der Waals surface area contributed by atoms with Crippen molar-refractivity contribution in [1.82, 2.24) is 10.3 Å². The number of amides is 1. The second-order valence-electron chi connectivity index (χ2n) is 6.69. The lowest BCUT2D eigenvalue weighted by atomic mass is 9.93. The molecule has 1 aliphatic carbocycles. The summed E-state index contributed by atoms with van der Waals surface area (Å²) in [6.07, 6.45) is 3.10. The average Bonchev–Trinajstić information content (AvgIpc) is 2.37. The molecule has 0 radical (unpaired) electrons. The third-order valence-corrected chi connectivity index (χ3v) is 3.82. The van der Waals surface area contributed by atoms with Crippen LogP contribution in [0.1, 0.15) is 46.5 Å². The Labute approximate surface area is 146 Å². The maximum Gasteiger partial charge on any atom is 0.407 e. The van der Waals surface area contributed by atoms with E-state index in [4.69, 9.17) is 32.7 Å². The van der Waals surface area contributed by atoms with Crippen LogP contribution in [0.3, 0.4) is 0 Å². The Balaban J connectivity index is 1.78. The van der Waals surface area contributed by atoms with Gasteiger partial charge in [-0.15, -0.1) is 0 Å². The van der Waals surface area contributed by atoms with Crippen molar-refractivity contribution in [3.05, 3.63) is 22.4 Å². The van der Waals surface area contributed by atoms with Gasteiger partial charge in [-0.1, -0.05) is 23.2 Å². The SMILES string of the molecule is CC(C)(C)OC(=O)NC1CCC(Oc2cc(Cl)nc(Cl)c2)CC1. The Hall–Kier alpha value is -1.20. The number of nitrogens with one attached hydrogen (secondary N) is 1. The van der Waals surface area contributed by atoms with E-state index in [0.29, 0.717) is 16.1 Å². The standard InChI is InChI=1S/C16H22Cl2N2O3/c1-16(2,3)23-15(21)19-10-4-6-11(7-5-10)22-12-8-13(17)20-14(18)9-12/h8-11H,4-7H2,1-3H3,(H,19,21). The highest BCUT2D eigenvalue weighted by atomic mass is 35.5. The summed E-state index contributed by atoms with van der Waals surface area (Å²) in [6, 6.07) is 3.42. The summed E-state index contributed by atoms with van der Waals surface area (Å²) in [6.45, 7) is 5.55. The van der Waals surface area contributed by atoms with E-state index in [1.807, 2.05) is 20.8 Å². The van der Waals surface area contributed by atoms with E-state index < -0.39 is 5.60 Å². The number of alkyl carbamates (subject to hydrolysis) is 1. The topological polar surface area (TPSA) is 60.5 Å². The zero-order valence-corrected chi connectivity index (χ0v) is 15.1. The first-order valence-corrected chi connectivity index (χ1v) is 8.46. The van der Waals surface area contributed by atoms with Gasteiger partial charge in [0.25, 0.3) is 0 Å². The summed E-state index contributed by atoms with van der Waals surface area (Å²) in [4.78, 5) is 15.7. The summed E-state index contributed by atoms with van der Waals surface area (Å²) < 4.78 is 11.2. The van der Waals surface area contributed by atoms with Crippen molar-refractivity contribution in [3.8, 4) is 5.75 Å². The predicted molar refractivity (Wildman–Crippen MR) is 90.3 cm³/mol. The summed E-state index contributed by atoms with van der Waals surface area (Å²) in [7, 11) is 0. The maximum atomic E-state index is 11.8. The maximum absolute atomic E-state index is 11.8. The minimum absolute atomic E-state index is 0.0845. The quantitative estimate of drug-likeness (QED) is 0.799. The van der Waals surface area contributed by atoms with Crippen molar-refractivity contribution in [3.63, 3.8) is 0 Å². The van der Waals surface area contributed by atoms with Gasteiger partial charge in [0.15, 0.2) is 0 Å². The van der Waals surface area contributed by atoms with Crippen molar-refractivity contribution < 1.29 is 14.3 Å². The van der Waals surface area contributed by atoms with Gasteiger partial charge in [0, 0.05) is 18.2 Å². The van der Waals surface area contributed by atoms with Crippen molar-refractivity contribution in [2.45, 2.75) is 64.2 Å². The first-order valence-electron chi connectivity index (χ1n) is 7.70. The lowest BCUT2D eigenvalue weighted by Crippen LogP contribution is -2.42. The molecular weight excluding hydrogens is 339 g/mol. The summed E-state index contributed by atoms with van der Waals surface area (Å²) in [5.74, 6) is 0.624. The molecule has 0 aromatic carbocycles. The minimum atomic E-state index is -0.482. The van der Waals surface area contributed by atoms with Crippen LogP contribution in [0.5, 0.6) is 5.75 Å². The molecule has 0 bridgehead atoms. The zero-order valence-electron chi connectivity index (χ0n) is 13.6. The van der Waals surface area contributed by atoms with Crippen LogP contribution in [0.2, 0.25) is 10.3 Å². The predicted octanol–water partition coefficient (Wildman–Crippen LogP) is 4.60. The molecule has 1 fully saturated rings. The van der Waals surface area contributed by atoms with Gasteiger partial charge < -0.3 is 14.8 Å². The highest BCUT2D eigenvalue weighted by Gasteiger charge is 2.25. The molecule has 23 heavy (non-hydrogen) atoms. The third kappa shape index (κ3) is 6.43. The number of rotatable bonds is 3. The fraction of sp³-hybridized carbons (Fsp3) is 0.625. The first kappa shape index (κ1) is 18.1. The third-order valence-electron chi connectivity index (χ3n) is 3.43. The zero-order chi connectivity index (χ0) is 17.0. The highest BCUT2D eigenvalue weighted by Crippen LogP contribution is 2.27. The van der Waals surface area contributed by atoms with Crippen LogP contribution in [-0.4, -0.2) is 28.8 Å². The van der Waals surface area contributed by atoms with Crippen LogP contribution in [0.15, 0.2) is 12.1 Å². The summed E-state index contributed by atoms with van der Waals surface area (Å²) in [5.41, 5.74) is -0.482. The van der Waals surface area contributed by atoms with E-state index in [1.54, 1.807) is 12.1 Å². The van der Waals surface area contributed by atoms with Gasteiger partial charge in [-0.2, -0.15) is 0 Å². The normalized spacial score (nSPS) is 21.6. The molecule has 1 heterocycles. The second-order valence-corrected chi connectivity index (χ2v) is 7.46. The van der Waals surface area contributed by atoms with Gasteiger partial charge >= 0.3 is 6.09 Å². The van der Waals surface area contributed by atoms with Gasteiger partial charge in [-0.3, -0.25) is 0 Å². The van der Waals surface area contributed by atoms with Crippen LogP contribution >= 0.6 is 23.2 Å². The number of carbonyl (C=O) groups is 1. The van der Waals surface area contributed by atoms with Crippen LogP contribution in [0, 0.1) is 0 Å². The molecule has 0 unspecified atom stereocenters. The molecule has 128 valence electrons. The van der Waals surface area contributed by atoms with Gasteiger partial charge in [0.05, 0.1) is 6.10 Å². The smallest absolute Gasteiger partial charge is 0.407 e. The molecule has 1 aliphatic rings. The van der Waals surface area contributed by atoms with E-state index in [0.717, 1.165) is 25.7 Å².